The molecule has 1 heterocycles. The van der Waals surface area contributed by atoms with Crippen LogP contribution < -0.4 is 4.72 Å². The van der Waals surface area contributed by atoms with Gasteiger partial charge in [-0.2, -0.15) is 4.72 Å². The van der Waals surface area contributed by atoms with E-state index in [1.165, 1.54) is 45.4 Å². The molecule has 0 saturated heterocycles. The van der Waals surface area contributed by atoms with E-state index in [4.69, 9.17) is 23.2 Å². The van der Waals surface area contributed by atoms with Crippen LogP contribution in [0.25, 0.3) is 10.8 Å². The topological polar surface area (TPSA) is 85.4 Å². The minimum absolute atomic E-state index is 0.0621. The van der Waals surface area contributed by atoms with Crippen LogP contribution in [0.2, 0.25) is 10.2 Å². The lowest BCUT2D eigenvalue weighted by Crippen LogP contribution is -2.50. The SMILES string of the molecule is COC(=O)C(C)(C)NS(=O)(=O)c1ccc2c(Cl)cnc(Cl)c2c1. The molecule has 0 fully saturated rings. The highest BCUT2D eigenvalue weighted by atomic mass is 35.5. The maximum atomic E-state index is 12.5. The maximum Gasteiger partial charge on any atom is 0.326 e. The van der Waals surface area contributed by atoms with Gasteiger partial charge in [0.2, 0.25) is 10.0 Å². The molecule has 0 spiro atoms. The van der Waals surface area contributed by atoms with Gasteiger partial charge in [-0.3, -0.25) is 4.79 Å². The molecule has 0 amide bonds. The Kier molecular flexibility index (Phi) is 4.86. The summed E-state index contributed by atoms with van der Waals surface area (Å²) in [6.45, 7) is 2.81. The molecule has 0 aliphatic heterocycles. The fourth-order valence-corrected chi connectivity index (χ4v) is 3.83. The van der Waals surface area contributed by atoms with Crippen molar-refractivity contribution in [1.29, 1.82) is 0 Å². The first-order valence-corrected chi connectivity index (χ1v) is 8.68. The number of hydrogen-bond donors (Lipinski definition) is 1. The Hall–Kier alpha value is -1.41. The van der Waals surface area contributed by atoms with Crippen molar-refractivity contribution in [2.45, 2.75) is 24.3 Å². The number of fused-ring (bicyclic) bond motifs is 1. The minimum Gasteiger partial charge on any atom is -0.468 e. The Bertz CT molecular complexity index is 882. The van der Waals surface area contributed by atoms with E-state index in [1.807, 2.05) is 0 Å². The Balaban J connectivity index is 2.51. The number of esters is 1. The number of aromatic nitrogens is 1. The number of methoxy groups -OCH3 is 1. The number of halogens is 2. The van der Waals surface area contributed by atoms with Gasteiger partial charge in [0.15, 0.2) is 0 Å². The summed E-state index contributed by atoms with van der Waals surface area (Å²) in [5.74, 6) is -0.704. The van der Waals surface area contributed by atoms with Gasteiger partial charge >= 0.3 is 5.97 Å². The minimum atomic E-state index is -3.97. The van der Waals surface area contributed by atoms with E-state index in [9.17, 15) is 13.2 Å². The van der Waals surface area contributed by atoms with Gasteiger partial charge in [0.1, 0.15) is 10.7 Å². The second-order valence-corrected chi connectivity index (χ2v) is 7.77. The standard InChI is InChI=1S/C14H14Cl2N2O4S/c1-14(2,13(19)22-3)18-23(20,21)8-4-5-9-10(6-8)12(16)17-7-11(9)15/h4-7,18H,1-3H3. The Labute approximate surface area is 143 Å². The number of nitrogens with zero attached hydrogens (tertiary/aromatic N) is 1. The Morgan fingerprint density at radius 3 is 2.52 bits per heavy atom. The van der Waals surface area contributed by atoms with Crippen molar-refractivity contribution < 1.29 is 17.9 Å². The molecule has 0 aliphatic rings. The smallest absolute Gasteiger partial charge is 0.326 e. The molecule has 0 bridgehead atoms. The lowest BCUT2D eigenvalue weighted by atomic mass is 10.1. The summed E-state index contributed by atoms with van der Waals surface area (Å²) in [4.78, 5) is 15.5. The molecular weight excluding hydrogens is 363 g/mol. The highest BCUT2D eigenvalue weighted by Gasteiger charge is 2.34. The summed E-state index contributed by atoms with van der Waals surface area (Å²) in [6, 6.07) is 4.26. The molecule has 0 unspecified atom stereocenters. The largest absolute Gasteiger partial charge is 0.468 e. The maximum absolute atomic E-state index is 12.5. The highest BCUT2D eigenvalue weighted by Crippen LogP contribution is 2.30. The molecule has 6 nitrogen and oxygen atoms in total. The zero-order valence-corrected chi connectivity index (χ0v) is 14.9. The summed E-state index contributed by atoms with van der Waals surface area (Å²) in [7, 11) is -2.79. The van der Waals surface area contributed by atoms with Gasteiger partial charge in [-0.25, -0.2) is 13.4 Å². The number of sulfonamides is 1. The quantitative estimate of drug-likeness (QED) is 0.654. The third kappa shape index (κ3) is 3.58. The molecule has 2 aromatic rings. The molecule has 0 atom stereocenters. The average Bonchev–Trinajstić information content (AvgIpc) is 2.48. The molecule has 0 aliphatic carbocycles. The van der Waals surface area contributed by atoms with Crippen LogP contribution in [0.15, 0.2) is 29.3 Å². The van der Waals surface area contributed by atoms with E-state index in [-0.39, 0.29) is 10.0 Å². The molecule has 124 valence electrons. The molecule has 23 heavy (non-hydrogen) atoms. The van der Waals surface area contributed by atoms with Crippen molar-refractivity contribution >= 4 is 50.0 Å². The second kappa shape index (κ2) is 6.24. The van der Waals surface area contributed by atoms with Crippen molar-refractivity contribution in [1.82, 2.24) is 9.71 Å². The van der Waals surface area contributed by atoms with Gasteiger partial charge in [-0.05, 0) is 26.0 Å². The number of pyridine rings is 1. The molecule has 1 N–H and O–H groups in total. The van der Waals surface area contributed by atoms with Crippen molar-refractivity contribution in [3.8, 4) is 0 Å². The Morgan fingerprint density at radius 1 is 1.26 bits per heavy atom. The van der Waals surface area contributed by atoms with Crippen LogP contribution in [-0.2, 0) is 19.6 Å². The lowest BCUT2D eigenvalue weighted by molar-refractivity contribution is -0.146. The van der Waals surface area contributed by atoms with Crippen LogP contribution in [0.1, 0.15) is 13.8 Å². The van der Waals surface area contributed by atoms with Crippen molar-refractivity contribution in [3.05, 3.63) is 34.6 Å². The summed E-state index contributed by atoms with van der Waals surface area (Å²) < 4.78 is 31.9. The fraction of sp³-hybridized carbons (Fsp3) is 0.286. The van der Waals surface area contributed by atoms with E-state index in [2.05, 4.69) is 14.4 Å². The molecular formula is C14H14Cl2N2O4S. The lowest BCUT2D eigenvalue weighted by Gasteiger charge is -2.23. The second-order valence-electron chi connectivity index (χ2n) is 5.33. The summed E-state index contributed by atoms with van der Waals surface area (Å²) >= 11 is 12.0. The van der Waals surface area contributed by atoms with E-state index in [1.54, 1.807) is 0 Å². The number of carbonyl (C=O) groups excluding carboxylic acids is 1. The van der Waals surface area contributed by atoms with Crippen LogP contribution in [0.5, 0.6) is 0 Å². The van der Waals surface area contributed by atoms with Gasteiger partial charge in [0.25, 0.3) is 0 Å². The van der Waals surface area contributed by atoms with Gasteiger partial charge in [-0.15, -0.1) is 0 Å². The summed E-state index contributed by atoms with van der Waals surface area (Å²) in [5, 5.41) is 1.47. The molecule has 0 radical (unpaired) electrons. The van der Waals surface area contributed by atoms with E-state index in [0.717, 1.165) is 0 Å². The third-order valence-corrected chi connectivity index (χ3v) is 5.41. The fourth-order valence-electron chi connectivity index (χ4n) is 2.01. The highest BCUT2D eigenvalue weighted by molar-refractivity contribution is 7.89. The van der Waals surface area contributed by atoms with Crippen molar-refractivity contribution in [3.63, 3.8) is 0 Å². The van der Waals surface area contributed by atoms with Crippen LogP contribution in [0.4, 0.5) is 0 Å². The number of hydrogen-bond acceptors (Lipinski definition) is 5. The number of ether oxygens (including phenoxy) is 1. The Morgan fingerprint density at radius 2 is 1.91 bits per heavy atom. The first-order chi connectivity index (χ1) is 10.6. The predicted molar refractivity (Wildman–Crippen MR) is 88.2 cm³/mol. The van der Waals surface area contributed by atoms with E-state index in [0.29, 0.717) is 15.8 Å². The molecule has 0 saturated carbocycles. The first kappa shape index (κ1) is 17.9. The third-order valence-electron chi connectivity index (χ3n) is 3.16. The molecule has 1 aromatic heterocycles. The van der Waals surface area contributed by atoms with Gasteiger partial charge in [0, 0.05) is 17.0 Å². The zero-order chi connectivity index (χ0) is 17.4. The van der Waals surface area contributed by atoms with Gasteiger partial charge in [0.05, 0.1) is 17.0 Å². The first-order valence-electron chi connectivity index (χ1n) is 6.44. The summed E-state index contributed by atoms with van der Waals surface area (Å²) in [6.07, 6.45) is 1.39. The van der Waals surface area contributed by atoms with Crippen molar-refractivity contribution in [2.75, 3.05) is 7.11 Å². The number of nitrogens with one attached hydrogen (secondary N) is 1. The van der Waals surface area contributed by atoms with E-state index < -0.39 is 21.5 Å². The monoisotopic (exact) mass is 376 g/mol. The molecule has 1 aromatic carbocycles. The van der Waals surface area contributed by atoms with Crippen LogP contribution in [0.3, 0.4) is 0 Å². The zero-order valence-electron chi connectivity index (χ0n) is 12.6. The van der Waals surface area contributed by atoms with Crippen LogP contribution in [0, 0.1) is 0 Å². The predicted octanol–water partition coefficient (Wildman–Crippen LogP) is 2.77. The number of benzene rings is 1. The summed E-state index contributed by atoms with van der Waals surface area (Å²) in [5.41, 5.74) is -1.42. The molecule has 2 rings (SSSR count). The van der Waals surface area contributed by atoms with Crippen LogP contribution in [-0.4, -0.2) is 32.0 Å². The van der Waals surface area contributed by atoms with Gasteiger partial charge < -0.3 is 4.74 Å². The molecule has 9 heteroatoms. The van der Waals surface area contributed by atoms with Gasteiger partial charge in [-0.1, -0.05) is 29.3 Å². The normalized spacial score (nSPS) is 12.4. The average molecular weight is 377 g/mol. The number of rotatable bonds is 4. The van der Waals surface area contributed by atoms with E-state index >= 15 is 0 Å². The van der Waals surface area contributed by atoms with Crippen LogP contribution >= 0.6 is 23.2 Å². The number of carbonyl (C=O) groups is 1. The van der Waals surface area contributed by atoms with Crippen molar-refractivity contribution in [2.24, 2.45) is 0 Å².